The quantitative estimate of drug-likeness (QED) is 0.132. The Kier molecular flexibility index (Phi) is 10.9. The highest BCUT2D eigenvalue weighted by Gasteiger charge is 2.50. The number of unbranched alkanes of at least 4 members (excludes halogenated alkanes) is 5. The molecule has 178 valence electrons. The molecule has 32 heavy (non-hydrogen) atoms. The molecule has 2 rings (SSSR count). The van der Waals surface area contributed by atoms with Gasteiger partial charge in [0.25, 0.3) is 0 Å². The molecule has 0 saturated heterocycles. The van der Waals surface area contributed by atoms with Crippen molar-refractivity contribution in [2.45, 2.75) is 96.8 Å². The second-order valence-electron chi connectivity index (χ2n) is 8.91. The highest BCUT2D eigenvalue weighted by Crippen LogP contribution is 2.36. The van der Waals surface area contributed by atoms with Crippen LogP contribution < -0.4 is 0 Å². The van der Waals surface area contributed by atoms with Gasteiger partial charge in [0.2, 0.25) is 0 Å². The molecule has 0 heterocycles. The first-order chi connectivity index (χ1) is 15.5. The van der Waals surface area contributed by atoms with E-state index in [2.05, 4.69) is 6.92 Å². The van der Waals surface area contributed by atoms with Crippen LogP contribution in [0.15, 0.2) is 24.3 Å². The average molecular weight is 445 g/mol. The van der Waals surface area contributed by atoms with E-state index in [4.69, 9.17) is 9.47 Å². The van der Waals surface area contributed by atoms with Crippen LogP contribution in [0.4, 0.5) is 0 Å². The minimum atomic E-state index is -1.49. The standard InChI is InChI=1S/C27H40O5/c1-4-7-10-11-18-27(25(29)31-19-8-5-2,26(30)32-20-9-6-3)23-16-14-22(15-17-23)24(28)21-12-13-21/h14-17,21H,4-13,18-20H2,1-3H3. The maximum Gasteiger partial charge on any atom is 0.328 e. The van der Waals surface area contributed by atoms with Gasteiger partial charge in [-0.15, -0.1) is 0 Å². The van der Waals surface area contributed by atoms with Crippen molar-refractivity contribution in [2.75, 3.05) is 13.2 Å². The number of rotatable bonds is 16. The van der Waals surface area contributed by atoms with E-state index in [-0.39, 0.29) is 24.9 Å². The Morgan fingerprint density at radius 3 is 1.78 bits per heavy atom. The van der Waals surface area contributed by atoms with Crippen LogP contribution in [0.2, 0.25) is 0 Å². The van der Waals surface area contributed by atoms with Crippen LogP contribution >= 0.6 is 0 Å². The minimum absolute atomic E-state index is 0.123. The first-order valence-electron chi connectivity index (χ1n) is 12.5. The number of Topliss-reactive ketones (excluding diaryl/α,β-unsaturated/α-hetero) is 1. The average Bonchev–Trinajstić information content (AvgIpc) is 3.65. The van der Waals surface area contributed by atoms with Crippen LogP contribution in [0.25, 0.3) is 0 Å². The zero-order chi connectivity index (χ0) is 23.4. The number of benzene rings is 1. The van der Waals surface area contributed by atoms with Gasteiger partial charge in [0.15, 0.2) is 11.2 Å². The molecule has 0 bridgehead atoms. The second kappa shape index (κ2) is 13.4. The zero-order valence-corrected chi connectivity index (χ0v) is 20.1. The molecular weight excluding hydrogens is 404 g/mol. The molecule has 1 aliphatic rings. The third-order valence-corrected chi connectivity index (χ3v) is 6.17. The number of ether oxygens (including phenoxy) is 2. The van der Waals surface area contributed by atoms with E-state index < -0.39 is 17.4 Å². The van der Waals surface area contributed by atoms with Gasteiger partial charge in [0, 0.05) is 11.5 Å². The fourth-order valence-electron chi connectivity index (χ4n) is 3.85. The smallest absolute Gasteiger partial charge is 0.328 e. The van der Waals surface area contributed by atoms with Crippen molar-refractivity contribution in [1.82, 2.24) is 0 Å². The topological polar surface area (TPSA) is 69.7 Å². The number of hydrogen-bond acceptors (Lipinski definition) is 5. The Morgan fingerprint density at radius 2 is 1.31 bits per heavy atom. The molecule has 1 aromatic carbocycles. The molecule has 0 atom stereocenters. The van der Waals surface area contributed by atoms with Gasteiger partial charge < -0.3 is 9.47 Å². The van der Waals surface area contributed by atoms with Crippen molar-refractivity contribution in [2.24, 2.45) is 5.92 Å². The molecule has 5 nitrogen and oxygen atoms in total. The molecule has 0 unspecified atom stereocenters. The summed E-state index contributed by atoms with van der Waals surface area (Å²) in [6.07, 6.45) is 9.28. The summed E-state index contributed by atoms with van der Waals surface area (Å²) in [4.78, 5) is 39.3. The van der Waals surface area contributed by atoms with E-state index in [1.165, 1.54) is 0 Å². The fourth-order valence-corrected chi connectivity index (χ4v) is 3.85. The molecule has 1 fully saturated rings. The lowest BCUT2D eigenvalue weighted by molar-refractivity contribution is -0.166. The first-order valence-corrected chi connectivity index (χ1v) is 12.5. The molecule has 0 spiro atoms. The number of carbonyl (C=O) groups is 3. The predicted molar refractivity (Wildman–Crippen MR) is 126 cm³/mol. The van der Waals surface area contributed by atoms with Crippen molar-refractivity contribution in [1.29, 1.82) is 0 Å². The Balaban J connectivity index is 2.37. The van der Waals surface area contributed by atoms with Crippen molar-refractivity contribution >= 4 is 17.7 Å². The van der Waals surface area contributed by atoms with E-state index in [1.807, 2.05) is 13.8 Å². The molecule has 1 aromatic rings. The highest BCUT2D eigenvalue weighted by molar-refractivity contribution is 6.06. The van der Waals surface area contributed by atoms with Crippen molar-refractivity contribution in [3.63, 3.8) is 0 Å². The monoisotopic (exact) mass is 444 g/mol. The molecule has 0 radical (unpaired) electrons. The summed E-state index contributed by atoms with van der Waals surface area (Å²) in [6.45, 7) is 6.75. The Labute approximate surface area is 193 Å². The maximum absolute atomic E-state index is 13.4. The van der Waals surface area contributed by atoms with Crippen LogP contribution in [0.3, 0.4) is 0 Å². The van der Waals surface area contributed by atoms with E-state index in [9.17, 15) is 14.4 Å². The minimum Gasteiger partial charge on any atom is -0.465 e. The summed E-state index contributed by atoms with van der Waals surface area (Å²) in [5.41, 5.74) is -0.296. The number of esters is 2. The summed E-state index contributed by atoms with van der Waals surface area (Å²) in [6, 6.07) is 6.99. The van der Waals surface area contributed by atoms with Gasteiger partial charge in [0.05, 0.1) is 13.2 Å². The summed E-state index contributed by atoms with van der Waals surface area (Å²) in [5.74, 6) is -0.811. The van der Waals surface area contributed by atoms with Gasteiger partial charge in [-0.2, -0.15) is 0 Å². The van der Waals surface area contributed by atoms with Gasteiger partial charge in [0.1, 0.15) is 0 Å². The number of hydrogen-bond donors (Lipinski definition) is 0. The third kappa shape index (κ3) is 6.91. The summed E-state index contributed by atoms with van der Waals surface area (Å²) < 4.78 is 11.2. The van der Waals surface area contributed by atoms with Crippen molar-refractivity contribution in [3.05, 3.63) is 35.4 Å². The first kappa shape index (κ1) is 26.1. The number of carbonyl (C=O) groups excluding carboxylic acids is 3. The van der Waals surface area contributed by atoms with E-state index in [1.54, 1.807) is 24.3 Å². The zero-order valence-electron chi connectivity index (χ0n) is 20.1. The lowest BCUT2D eigenvalue weighted by Crippen LogP contribution is -2.46. The highest BCUT2D eigenvalue weighted by atomic mass is 16.6. The molecule has 1 saturated carbocycles. The largest absolute Gasteiger partial charge is 0.465 e. The van der Waals surface area contributed by atoms with Crippen LogP contribution in [0.5, 0.6) is 0 Å². The van der Waals surface area contributed by atoms with Crippen LogP contribution in [0.1, 0.15) is 107 Å². The third-order valence-electron chi connectivity index (χ3n) is 6.17. The van der Waals surface area contributed by atoms with Crippen LogP contribution in [-0.2, 0) is 24.5 Å². The molecule has 0 amide bonds. The molecule has 0 aliphatic heterocycles. The fraction of sp³-hybridized carbons (Fsp3) is 0.667. The van der Waals surface area contributed by atoms with E-state index in [0.717, 1.165) is 64.2 Å². The van der Waals surface area contributed by atoms with Gasteiger partial charge in [-0.1, -0.05) is 83.6 Å². The molecular formula is C27H40O5. The summed E-state index contributed by atoms with van der Waals surface area (Å²) in [5, 5.41) is 0. The Morgan fingerprint density at radius 1 is 0.781 bits per heavy atom. The Hall–Kier alpha value is -2.17. The predicted octanol–water partition coefficient (Wildman–Crippen LogP) is 6.17. The lowest BCUT2D eigenvalue weighted by atomic mass is 9.75. The van der Waals surface area contributed by atoms with Crippen LogP contribution in [-0.4, -0.2) is 30.9 Å². The van der Waals surface area contributed by atoms with Gasteiger partial charge >= 0.3 is 11.9 Å². The SMILES string of the molecule is CCCCCCC(C(=O)OCCCC)(C(=O)OCCCC)c1ccc(C(=O)C2CC2)cc1. The van der Waals surface area contributed by atoms with Crippen molar-refractivity contribution < 1.29 is 23.9 Å². The maximum atomic E-state index is 13.4. The van der Waals surface area contributed by atoms with Gasteiger partial charge in [-0.05, 0) is 37.7 Å². The lowest BCUT2D eigenvalue weighted by Gasteiger charge is -2.30. The normalized spacial score (nSPS) is 13.6. The van der Waals surface area contributed by atoms with Gasteiger partial charge in [-0.25, -0.2) is 0 Å². The van der Waals surface area contributed by atoms with Crippen LogP contribution in [0, 0.1) is 5.92 Å². The summed E-state index contributed by atoms with van der Waals surface area (Å²) >= 11 is 0. The van der Waals surface area contributed by atoms with E-state index in [0.29, 0.717) is 17.5 Å². The van der Waals surface area contributed by atoms with E-state index >= 15 is 0 Å². The Bertz CT molecular complexity index is 711. The van der Waals surface area contributed by atoms with Crippen molar-refractivity contribution in [3.8, 4) is 0 Å². The molecule has 0 N–H and O–H groups in total. The molecule has 0 aromatic heterocycles. The number of ketones is 1. The van der Waals surface area contributed by atoms with Gasteiger partial charge in [-0.3, -0.25) is 14.4 Å². The summed E-state index contributed by atoms with van der Waals surface area (Å²) in [7, 11) is 0. The molecule has 5 heteroatoms. The second-order valence-corrected chi connectivity index (χ2v) is 8.91. The molecule has 1 aliphatic carbocycles.